The van der Waals surface area contributed by atoms with Crippen LogP contribution < -0.4 is 4.72 Å². The van der Waals surface area contributed by atoms with Gasteiger partial charge in [-0.25, -0.2) is 22.8 Å². The number of aryl methyl sites for hydroxylation is 2. The van der Waals surface area contributed by atoms with Crippen LogP contribution in [-0.2, 0) is 29.0 Å². The van der Waals surface area contributed by atoms with Crippen molar-refractivity contribution >= 4 is 10.0 Å². The van der Waals surface area contributed by atoms with E-state index in [0.717, 1.165) is 21.4 Å². The summed E-state index contributed by atoms with van der Waals surface area (Å²) in [4.78, 5) is 4.23. The van der Waals surface area contributed by atoms with Gasteiger partial charge in [0.2, 0.25) is 0 Å². The minimum Gasteiger partial charge on any atom is -0.289 e. The second-order valence-electron chi connectivity index (χ2n) is 8.77. The average molecular weight is 532 g/mol. The number of nitrogens with zero attached hydrogens (tertiary/aromatic N) is 6. The largest absolute Gasteiger partial charge is 0.290 e. The Morgan fingerprint density at radius 2 is 1.39 bits per heavy atom. The van der Waals surface area contributed by atoms with Crippen LogP contribution in [0.1, 0.15) is 28.8 Å². The molecule has 3 aromatic carbocycles. The van der Waals surface area contributed by atoms with Crippen LogP contribution in [-0.4, -0.2) is 44.7 Å². The third kappa shape index (κ3) is 4.73. The fourth-order valence-corrected chi connectivity index (χ4v) is 5.77. The first kappa shape index (κ1) is 25.4. The topological polar surface area (TPSA) is 108 Å². The fourth-order valence-electron chi connectivity index (χ4n) is 4.70. The van der Waals surface area contributed by atoms with Crippen molar-refractivity contribution in [1.82, 2.24) is 34.5 Å². The normalized spacial score (nSPS) is 12.1. The van der Waals surface area contributed by atoms with Crippen molar-refractivity contribution in [3.8, 4) is 0 Å². The van der Waals surface area contributed by atoms with E-state index in [4.69, 9.17) is 0 Å². The first-order valence-electron chi connectivity index (χ1n) is 12.1. The van der Waals surface area contributed by atoms with Crippen LogP contribution in [0.25, 0.3) is 0 Å². The number of aromatic nitrogens is 6. The summed E-state index contributed by atoms with van der Waals surface area (Å²) in [6.45, 7) is 0.116. The highest BCUT2D eigenvalue weighted by Gasteiger charge is 2.40. The number of imidazole rings is 1. The van der Waals surface area contributed by atoms with E-state index < -0.39 is 21.6 Å². The van der Waals surface area contributed by atoms with Crippen LogP contribution in [0.3, 0.4) is 0 Å². The smallest absolute Gasteiger partial charge is 0.289 e. The van der Waals surface area contributed by atoms with Crippen LogP contribution >= 0.6 is 0 Å². The summed E-state index contributed by atoms with van der Waals surface area (Å²) in [5.41, 5.74) is 2.13. The molecule has 0 bridgehead atoms. The van der Waals surface area contributed by atoms with E-state index in [1.165, 1.54) is 7.05 Å². The van der Waals surface area contributed by atoms with Gasteiger partial charge in [0.1, 0.15) is 5.54 Å². The SMILES string of the molecule is Cn1nnnc1S(=O)(=O)NCCCc1cn(C(c2ccccc2)(c2ccccc2)c2ccccc2)c(F)n1. The highest BCUT2D eigenvalue weighted by Crippen LogP contribution is 2.41. The number of benzene rings is 3. The molecule has 0 fully saturated rings. The fraction of sp³-hybridized carbons (Fsp3) is 0.185. The maximum atomic E-state index is 15.8. The molecule has 0 aliphatic heterocycles. The van der Waals surface area contributed by atoms with Gasteiger partial charge in [0.15, 0.2) is 0 Å². The summed E-state index contributed by atoms with van der Waals surface area (Å²) < 4.78 is 45.8. The van der Waals surface area contributed by atoms with Crippen molar-refractivity contribution in [2.45, 2.75) is 23.5 Å². The number of nitrogens with one attached hydrogen (secondary N) is 1. The Kier molecular flexibility index (Phi) is 7.12. The molecular formula is C27H26FN7O2S. The molecule has 5 aromatic rings. The lowest BCUT2D eigenvalue weighted by Gasteiger charge is -2.37. The molecule has 2 aromatic heterocycles. The van der Waals surface area contributed by atoms with E-state index in [1.807, 2.05) is 91.0 Å². The van der Waals surface area contributed by atoms with E-state index in [1.54, 1.807) is 10.8 Å². The Morgan fingerprint density at radius 3 is 1.87 bits per heavy atom. The van der Waals surface area contributed by atoms with Crippen molar-refractivity contribution in [2.24, 2.45) is 7.05 Å². The first-order valence-corrected chi connectivity index (χ1v) is 13.5. The Labute approximate surface area is 220 Å². The molecule has 0 amide bonds. The Morgan fingerprint density at radius 1 is 0.868 bits per heavy atom. The molecule has 0 atom stereocenters. The molecule has 0 unspecified atom stereocenters. The lowest BCUT2D eigenvalue weighted by molar-refractivity contribution is 0.397. The number of hydrogen-bond acceptors (Lipinski definition) is 6. The van der Waals surface area contributed by atoms with Gasteiger partial charge in [0.25, 0.3) is 21.3 Å². The number of tetrazole rings is 1. The van der Waals surface area contributed by atoms with E-state index in [9.17, 15) is 8.42 Å². The number of rotatable bonds is 10. The van der Waals surface area contributed by atoms with Gasteiger partial charge in [-0.1, -0.05) is 96.1 Å². The number of halogens is 1. The molecule has 0 aliphatic rings. The molecule has 1 N–H and O–H groups in total. The van der Waals surface area contributed by atoms with E-state index in [0.29, 0.717) is 18.5 Å². The number of hydrogen-bond donors (Lipinski definition) is 1. The molecule has 0 radical (unpaired) electrons. The predicted octanol–water partition coefficient (Wildman–Crippen LogP) is 3.30. The maximum Gasteiger partial charge on any atom is 0.290 e. The summed E-state index contributed by atoms with van der Waals surface area (Å²) >= 11 is 0. The minimum atomic E-state index is -3.86. The van der Waals surface area contributed by atoms with Gasteiger partial charge >= 0.3 is 0 Å². The molecule has 194 valence electrons. The number of sulfonamides is 1. The molecule has 0 spiro atoms. The van der Waals surface area contributed by atoms with Gasteiger partial charge in [0, 0.05) is 19.8 Å². The second kappa shape index (κ2) is 10.6. The molecule has 0 saturated heterocycles. The summed E-state index contributed by atoms with van der Waals surface area (Å²) in [6.07, 6.45) is 1.83. The lowest BCUT2D eigenvalue weighted by atomic mass is 9.76. The molecule has 2 heterocycles. The van der Waals surface area contributed by atoms with E-state index in [2.05, 4.69) is 25.2 Å². The van der Waals surface area contributed by atoms with Gasteiger partial charge in [-0.3, -0.25) is 4.57 Å². The van der Waals surface area contributed by atoms with Crippen molar-refractivity contribution in [3.63, 3.8) is 0 Å². The quantitative estimate of drug-likeness (QED) is 0.219. The third-order valence-corrected chi connectivity index (χ3v) is 7.78. The maximum absolute atomic E-state index is 15.8. The average Bonchev–Trinajstić information content (AvgIpc) is 3.55. The van der Waals surface area contributed by atoms with Crippen molar-refractivity contribution in [3.05, 3.63) is 126 Å². The van der Waals surface area contributed by atoms with Gasteiger partial charge in [-0.05, 0) is 40.0 Å². The zero-order valence-corrected chi connectivity index (χ0v) is 21.5. The van der Waals surface area contributed by atoms with Crippen LogP contribution in [0, 0.1) is 6.08 Å². The van der Waals surface area contributed by atoms with Crippen molar-refractivity contribution in [1.29, 1.82) is 0 Å². The lowest BCUT2D eigenvalue weighted by Crippen LogP contribution is -2.38. The Bertz CT molecular complexity index is 1510. The zero-order chi connectivity index (χ0) is 26.6. The predicted molar refractivity (Wildman–Crippen MR) is 139 cm³/mol. The van der Waals surface area contributed by atoms with Crippen LogP contribution in [0.2, 0.25) is 0 Å². The van der Waals surface area contributed by atoms with Crippen molar-refractivity contribution < 1.29 is 12.8 Å². The molecule has 11 heteroatoms. The van der Waals surface area contributed by atoms with Gasteiger partial charge in [-0.2, -0.15) is 4.39 Å². The van der Waals surface area contributed by atoms with Crippen molar-refractivity contribution in [2.75, 3.05) is 6.54 Å². The summed E-state index contributed by atoms with van der Waals surface area (Å²) in [5, 5.41) is 10.2. The summed E-state index contributed by atoms with van der Waals surface area (Å²) in [5.74, 6) is 0. The van der Waals surface area contributed by atoms with Gasteiger partial charge < -0.3 is 0 Å². The molecule has 9 nitrogen and oxygen atoms in total. The summed E-state index contributed by atoms with van der Waals surface area (Å²) in [7, 11) is -2.41. The Balaban J connectivity index is 1.49. The monoisotopic (exact) mass is 531 g/mol. The van der Waals surface area contributed by atoms with E-state index >= 15 is 4.39 Å². The molecule has 0 saturated carbocycles. The van der Waals surface area contributed by atoms with Crippen LogP contribution in [0.4, 0.5) is 4.39 Å². The second-order valence-corrected chi connectivity index (χ2v) is 10.4. The molecule has 5 rings (SSSR count). The van der Waals surface area contributed by atoms with E-state index in [-0.39, 0.29) is 11.7 Å². The zero-order valence-electron chi connectivity index (χ0n) is 20.6. The minimum absolute atomic E-state index is 0.116. The standard InChI is InChI=1S/C27H26FN7O2S/c1-34-26(31-32-33-34)38(36,37)29-19-11-18-24-20-35(25(28)30-24)27(21-12-5-2-6-13-21,22-14-7-3-8-15-22)23-16-9-4-10-17-23/h2-10,12-17,20,29H,11,18-19H2,1H3. The molecule has 38 heavy (non-hydrogen) atoms. The van der Waals surface area contributed by atoms with Gasteiger partial charge in [-0.15, -0.1) is 0 Å². The Hall–Kier alpha value is -4.22. The summed E-state index contributed by atoms with van der Waals surface area (Å²) in [6, 6.07) is 29.3. The first-order chi connectivity index (χ1) is 18.4. The molecule has 0 aliphatic carbocycles. The van der Waals surface area contributed by atoms with Crippen LogP contribution in [0.15, 0.2) is 102 Å². The van der Waals surface area contributed by atoms with Gasteiger partial charge in [0.05, 0.1) is 5.69 Å². The highest BCUT2D eigenvalue weighted by molar-refractivity contribution is 7.89. The van der Waals surface area contributed by atoms with Crippen LogP contribution in [0.5, 0.6) is 0 Å². The molecular weight excluding hydrogens is 505 g/mol. The highest BCUT2D eigenvalue weighted by atomic mass is 32.2. The third-order valence-electron chi connectivity index (χ3n) is 6.37.